The second-order valence-electron chi connectivity index (χ2n) is 6.75. The minimum absolute atomic E-state index is 0.0297. The van der Waals surface area contributed by atoms with Gasteiger partial charge in [-0.25, -0.2) is 13.6 Å². The van der Waals surface area contributed by atoms with Crippen molar-refractivity contribution in [1.82, 2.24) is 34.7 Å². The van der Waals surface area contributed by atoms with Crippen molar-refractivity contribution in [3.63, 3.8) is 0 Å². The topological polar surface area (TPSA) is 137 Å². The van der Waals surface area contributed by atoms with Gasteiger partial charge in [-0.15, -0.1) is 10.2 Å². The van der Waals surface area contributed by atoms with Gasteiger partial charge in [-0.3, -0.25) is 18.7 Å². The summed E-state index contributed by atoms with van der Waals surface area (Å²) in [6.07, 6.45) is -2.79. The Labute approximate surface area is 183 Å². The van der Waals surface area contributed by atoms with Crippen LogP contribution in [0.1, 0.15) is 27.8 Å². The molecule has 1 aromatic carbocycles. The highest BCUT2D eigenvalue weighted by Gasteiger charge is 2.18. The van der Waals surface area contributed by atoms with Crippen LogP contribution in [0.3, 0.4) is 0 Å². The number of hydrogen-bond donors (Lipinski definition) is 2. The molecule has 1 atom stereocenters. The van der Waals surface area contributed by atoms with Crippen molar-refractivity contribution in [3.8, 4) is 0 Å². The van der Waals surface area contributed by atoms with Crippen LogP contribution in [0, 0.1) is 0 Å². The first kappa shape index (κ1) is 23.2. The Morgan fingerprint density at radius 2 is 1.94 bits per heavy atom. The zero-order valence-corrected chi connectivity index (χ0v) is 17.4. The number of amides is 1. The van der Waals surface area contributed by atoms with Crippen molar-refractivity contribution >= 4 is 17.5 Å². The predicted octanol–water partition coefficient (Wildman–Crippen LogP) is -0.0363. The number of nitrogens with zero attached hydrogens (tertiary/aromatic N) is 6. The minimum Gasteiger partial charge on any atom is -0.386 e. The summed E-state index contributed by atoms with van der Waals surface area (Å²) in [6, 6.07) is 6.55. The lowest BCUT2D eigenvalue weighted by Gasteiger charge is -2.10. The molecule has 2 N–H and O–H groups in total. The molecule has 1 amide bonds. The van der Waals surface area contributed by atoms with Crippen LogP contribution in [0.25, 0.3) is 0 Å². The maximum atomic E-state index is 12.4. The van der Waals surface area contributed by atoms with E-state index in [4.69, 9.17) is 11.6 Å². The summed E-state index contributed by atoms with van der Waals surface area (Å²) in [7, 11) is 1.15. The SMILES string of the molecule is Cn1c(=O)c(C(=O)NCC(F)F)cn(Cc2nnn(C[C@H](O)c3ccc(Cl)cc3)n2)c1=O. The first-order valence-corrected chi connectivity index (χ1v) is 9.60. The number of tetrazole rings is 1. The Balaban J connectivity index is 1.78. The van der Waals surface area contributed by atoms with Gasteiger partial charge in [0.15, 0.2) is 5.82 Å². The summed E-state index contributed by atoms with van der Waals surface area (Å²) >= 11 is 5.82. The van der Waals surface area contributed by atoms with E-state index in [1.807, 2.05) is 5.32 Å². The second kappa shape index (κ2) is 9.78. The normalized spacial score (nSPS) is 12.2. The van der Waals surface area contributed by atoms with Gasteiger partial charge in [0.2, 0.25) is 0 Å². The van der Waals surface area contributed by atoms with Crippen LogP contribution < -0.4 is 16.6 Å². The number of rotatable bonds is 8. The molecule has 0 aliphatic rings. The van der Waals surface area contributed by atoms with Crippen molar-refractivity contribution < 1.29 is 18.7 Å². The van der Waals surface area contributed by atoms with Gasteiger partial charge < -0.3 is 10.4 Å². The maximum absolute atomic E-state index is 12.4. The quantitative estimate of drug-likeness (QED) is 0.472. The molecule has 32 heavy (non-hydrogen) atoms. The summed E-state index contributed by atoms with van der Waals surface area (Å²) < 4.78 is 26.3. The lowest BCUT2D eigenvalue weighted by Crippen LogP contribution is -2.43. The van der Waals surface area contributed by atoms with E-state index < -0.39 is 41.8 Å². The van der Waals surface area contributed by atoms with Gasteiger partial charge in [0.25, 0.3) is 17.9 Å². The highest BCUT2D eigenvalue weighted by Crippen LogP contribution is 2.17. The molecule has 170 valence electrons. The van der Waals surface area contributed by atoms with E-state index in [0.717, 1.165) is 22.6 Å². The fourth-order valence-electron chi connectivity index (χ4n) is 2.78. The molecule has 0 aliphatic carbocycles. The number of alkyl halides is 2. The van der Waals surface area contributed by atoms with Crippen molar-refractivity contribution in [2.75, 3.05) is 6.54 Å². The Kier molecular flexibility index (Phi) is 7.10. The number of halogens is 3. The summed E-state index contributed by atoms with van der Waals surface area (Å²) in [4.78, 5) is 37.7. The number of aliphatic hydroxyl groups excluding tert-OH is 1. The Morgan fingerprint density at radius 3 is 2.59 bits per heavy atom. The van der Waals surface area contributed by atoms with Crippen molar-refractivity contribution in [1.29, 1.82) is 0 Å². The van der Waals surface area contributed by atoms with Crippen molar-refractivity contribution in [3.05, 3.63) is 73.3 Å². The van der Waals surface area contributed by atoms with Gasteiger partial charge in [-0.05, 0) is 22.9 Å². The predicted molar refractivity (Wildman–Crippen MR) is 108 cm³/mol. The number of hydrogen-bond acceptors (Lipinski definition) is 7. The van der Waals surface area contributed by atoms with Gasteiger partial charge in [0, 0.05) is 18.3 Å². The van der Waals surface area contributed by atoms with Gasteiger partial charge in [0.1, 0.15) is 11.7 Å². The standard InChI is InChI=1S/C18H18ClF2N7O4/c1-26-17(31)12(16(30)22-6-14(20)21)7-27(18(26)32)9-15-23-25-28(24-15)8-13(29)10-2-4-11(19)5-3-10/h2-5,7,13-14,29H,6,8-9H2,1H3,(H,22,30)/t13-/m0/s1. The monoisotopic (exact) mass is 469 g/mol. The maximum Gasteiger partial charge on any atom is 0.331 e. The van der Waals surface area contributed by atoms with Crippen LogP contribution in [0.2, 0.25) is 5.02 Å². The number of aliphatic hydroxyl groups is 1. The third-order valence-corrected chi connectivity index (χ3v) is 4.66. The van der Waals surface area contributed by atoms with E-state index in [1.165, 1.54) is 0 Å². The molecule has 0 bridgehead atoms. The fourth-order valence-corrected chi connectivity index (χ4v) is 2.90. The molecule has 3 rings (SSSR count). The smallest absolute Gasteiger partial charge is 0.331 e. The van der Waals surface area contributed by atoms with Gasteiger partial charge >= 0.3 is 5.69 Å². The number of carbonyl (C=O) groups excluding carboxylic acids is 1. The minimum atomic E-state index is -2.80. The van der Waals surface area contributed by atoms with Crippen LogP contribution >= 0.6 is 11.6 Å². The number of nitrogens with one attached hydrogen (secondary N) is 1. The molecule has 2 heterocycles. The molecule has 0 saturated carbocycles. The largest absolute Gasteiger partial charge is 0.386 e. The highest BCUT2D eigenvalue weighted by molar-refractivity contribution is 6.30. The molecule has 0 saturated heterocycles. The van der Waals surface area contributed by atoms with Crippen molar-refractivity contribution in [2.45, 2.75) is 25.6 Å². The molecule has 0 radical (unpaired) electrons. The average molecular weight is 470 g/mol. The zero-order valence-electron chi connectivity index (χ0n) is 16.7. The third kappa shape index (κ3) is 5.42. The van der Waals surface area contributed by atoms with E-state index in [-0.39, 0.29) is 18.9 Å². The molecule has 14 heteroatoms. The van der Waals surface area contributed by atoms with Crippen LogP contribution in [0.5, 0.6) is 0 Å². The summed E-state index contributed by atoms with van der Waals surface area (Å²) in [6.45, 7) is -1.22. The lowest BCUT2D eigenvalue weighted by atomic mass is 10.1. The van der Waals surface area contributed by atoms with Crippen LogP contribution in [-0.4, -0.2) is 53.3 Å². The molecule has 0 fully saturated rings. The molecule has 0 spiro atoms. The highest BCUT2D eigenvalue weighted by atomic mass is 35.5. The Hall–Kier alpha value is -3.45. The number of aromatic nitrogens is 6. The fraction of sp³-hybridized carbons (Fsp3) is 0.333. The lowest BCUT2D eigenvalue weighted by molar-refractivity contribution is 0.0888. The van der Waals surface area contributed by atoms with Gasteiger partial charge in [-0.1, -0.05) is 23.7 Å². The van der Waals surface area contributed by atoms with Gasteiger partial charge in [0.05, 0.1) is 19.6 Å². The van der Waals surface area contributed by atoms with Crippen LogP contribution in [0.4, 0.5) is 8.78 Å². The number of carbonyl (C=O) groups is 1. The van der Waals surface area contributed by atoms with E-state index in [1.54, 1.807) is 24.3 Å². The van der Waals surface area contributed by atoms with E-state index in [9.17, 15) is 28.3 Å². The Morgan fingerprint density at radius 1 is 1.25 bits per heavy atom. The van der Waals surface area contributed by atoms with Gasteiger partial charge in [-0.2, -0.15) is 4.80 Å². The number of benzene rings is 1. The first-order chi connectivity index (χ1) is 15.2. The average Bonchev–Trinajstić information content (AvgIpc) is 3.19. The molecule has 0 unspecified atom stereocenters. The van der Waals surface area contributed by atoms with Crippen molar-refractivity contribution in [2.24, 2.45) is 7.05 Å². The molecule has 2 aromatic heterocycles. The van der Waals surface area contributed by atoms with Crippen LogP contribution in [0.15, 0.2) is 40.1 Å². The molecular weight excluding hydrogens is 452 g/mol. The summed E-state index contributed by atoms with van der Waals surface area (Å²) in [5.41, 5.74) is -1.60. The Bertz CT molecular complexity index is 1220. The van der Waals surface area contributed by atoms with E-state index in [0.29, 0.717) is 15.2 Å². The first-order valence-electron chi connectivity index (χ1n) is 9.22. The molecule has 3 aromatic rings. The summed E-state index contributed by atoms with van der Waals surface area (Å²) in [5.74, 6) is -0.977. The van der Waals surface area contributed by atoms with E-state index >= 15 is 0 Å². The third-order valence-electron chi connectivity index (χ3n) is 4.41. The summed E-state index contributed by atoms with van der Waals surface area (Å²) in [5, 5.41) is 24.4. The molecule has 0 aliphatic heterocycles. The van der Waals surface area contributed by atoms with E-state index in [2.05, 4.69) is 15.4 Å². The second-order valence-corrected chi connectivity index (χ2v) is 7.18. The van der Waals surface area contributed by atoms with Crippen LogP contribution in [-0.2, 0) is 20.1 Å². The molecular formula is C18H18ClF2N7O4. The zero-order chi connectivity index (χ0) is 23.4. The molecule has 11 nitrogen and oxygen atoms in total.